The van der Waals surface area contributed by atoms with Gasteiger partial charge >= 0.3 is 0 Å². The second-order valence-corrected chi connectivity index (χ2v) is 6.75. The van der Waals surface area contributed by atoms with Gasteiger partial charge in [0.25, 0.3) is 0 Å². The number of carbonyl (C=O) groups is 1. The number of aromatic nitrogens is 3. The van der Waals surface area contributed by atoms with Gasteiger partial charge in [0.15, 0.2) is 5.65 Å². The van der Waals surface area contributed by atoms with Crippen LogP contribution < -0.4 is 4.90 Å². The molecule has 1 aliphatic carbocycles. The van der Waals surface area contributed by atoms with Crippen molar-refractivity contribution in [1.82, 2.24) is 19.5 Å². The smallest absolute Gasteiger partial charge is 0.225 e. The molecule has 1 aliphatic heterocycles. The van der Waals surface area contributed by atoms with E-state index < -0.39 is 0 Å². The van der Waals surface area contributed by atoms with Gasteiger partial charge in [0.2, 0.25) is 5.91 Å². The van der Waals surface area contributed by atoms with E-state index in [1.165, 1.54) is 0 Å². The Morgan fingerprint density at radius 3 is 2.79 bits per heavy atom. The van der Waals surface area contributed by atoms with Crippen LogP contribution in [-0.4, -0.2) is 62.8 Å². The summed E-state index contributed by atoms with van der Waals surface area (Å²) in [6.45, 7) is 3.01. The lowest BCUT2D eigenvalue weighted by Gasteiger charge is -2.38. The van der Waals surface area contributed by atoms with Gasteiger partial charge in [-0.2, -0.15) is 0 Å². The van der Waals surface area contributed by atoms with Crippen molar-refractivity contribution < 1.29 is 9.90 Å². The highest BCUT2D eigenvalue weighted by Crippen LogP contribution is 2.26. The molecule has 2 aliphatic rings. The van der Waals surface area contributed by atoms with Crippen molar-refractivity contribution in [2.45, 2.75) is 31.8 Å². The molecule has 0 radical (unpaired) electrons. The molecule has 2 atom stereocenters. The fraction of sp³-hybridized carbons (Fsp3) is 0.588. The van der Waals surface area contributed by atoms with E-state index in [1.54, 1.807) is 10.7 Å². The van der Waals surface area contributed by atoms with Gasteiger partial charge in [-0.1, -0.05) is 6.42 Å². The number of nitrogens with zero attached hydrogens (tertiary/aromatic N) is 5. The van der Waals surface area contributed by atoms with Crippen LogP contribution in [0.25, 0.3) is 5.65 Å². The SMILES string of the molecule is O=C([C@@H]1CCC[C@H](O)C1)N1CCN(c2ccc3nccn3n2)CC1. The minimum Gasteiger partial charge on any atom is -0.393 e. The Morgan fingerprint density at radius 2 is 2.00 bits per heavy atom. The lowest BCUT2D eigenvalue weighted by molar-refractivity contribution is -0.138. The van der Waals surface area contributed by atoms with Crippen molar-refractivity contribution >= 4 is 17.4 Å². The quantitative estimate of drug-likeness (QED) is 0.887. The number of carbonyl (C=O) groups excluding carboxylic acids is 1. The molecule has 1 amide bonds. The van der Waals surface area contributed by atoms with E-state index >= 15 is 0 Å². The Morgan fingerprint density at radius 1 is 1.17 bits per heavy atom. The summed E-state index contributed by atoms with van der Waals surface area (Å²) in [5.41, 5.74) is 0.836. The first-order valence-corrected chi connectivity index (χ1v) is 8.73. The van der Waals surface area contributed by atoms with E-state index in [1.807, 2.05) is 23.2 Å². The third-order valence-electron chi connectivity index (χ3n) is 5.15. The molecule has 0 unspecified atom stereocenters. The monoisotopic (exact) mass is 329 g/mol. The molecule has 0 aromatic carbocycles. The molecule has 24 heavy (non-hydrogen) atoms. The summed E-state index contributed by atoms with van der Waals surface area (Å²) in [6.07, 6.45) is 6.59. The zero-order chi connectivity index (χ0) is 16.5. The molecule has 7 heteroatoms. The molecule has 4 rings (SSSR count). The molecular formula is C17H23N5O2. The zero-order valence-corrected chi connectivity index (χ0v) is 13.7. The van der Waals surface area contributed by atoms with Gasteiger partial charge in [-0.3, -0.25) is 4.79 Å². The molecule has 0 bridgehead atoms. The van der Waals surface area contributed by atoms with Gasteiger partial charge < -0.3 is 14.9 Å². The third kappa shape index (κ3) is 2.96. The summed E-state index contributed by atoms with van der Waals surface area (Å²) in [7, 11) is 0. The number of fused-ring (bicyclic) bond motifs is 1. The Hall–Kier alpha value is -2.15. The van der Waals surface area contributed by atoms with Crippen LogP contribution in [0.3, 0.4) is 0 Å². The Bertz CT molecular complexity index is 723. The minimum absolute atomic E-state index is 0.000670. The van der Waals surface area contributed by atoms with Crippen LogP contribution in [0, 0.1) is 5.92 Å². The van der Waals surface area contributed by atoms with E-state index in [0.717, 1.165) is 56.9 Å². The first-order valence-electron chi connectivity index (χ1n) is 8.73. The summed E-state index contributed by atoms with van der Waals surface area (Å²) in [5.74, 6) is 1.13. The Kier molecular flexibility index (Phi) is 4.10. The normalized spacial score (nSPS) is 25.2. The molecule has 1 N–H and O–H groups in total. The number of rotatable bonds is 2. The van der Waals surface area contributed by atoms with Crippen LogP contribution in [0.4, 0.5) is 5.82 Å². The van der Waals surface area contributed by atoms with Crippen LogP contribution in [0.2, 0.25) is 0 Å². The maximum absolute atomic E-state index is 12.7. The molecule has 1 saturated carbocycles. The van der Waals surface area contributed by atoms with Crippen LogP contribution in [0.5, 0.6) is 0 Å². The molecular weight excluding hydrogens is 306 g/mol. The van der Waals surface area contributed by atoms with Crippen molar-refractivity contribution in [3.63, 3.8) is 0 Å². The van der Waals surface area contributed by atoms with E-state index in [4.69, 9.17) is 0 Å². The largest absolute Gasteiger partial charge is 0.393 e. The predicted molar refractivity (Wildman–Crippen MR) is 89.7 cm³/mol. The highest BCUT2D eigenvalue weighted by atomic mass is 16.3. The van der Waals surface area contributed by atoms with Gasteiger partial charge in [-0.05, 0) is 31.4 Å². The summed E-state index contributed by atoms with van der Waals surface area (Å²) in [5, 5.41) is 14.4. The first kappa shape index (κ1) is 15.4. The van der Waals surface area contributed by atoms with Crippen molar-refractivity contribution in [2.24, 2.45) is 5.92 Å². The highest BCUT2D eigenvalue weighted by Gasteiger charge is 2.31. The Labute approximate surface area is 140 Å². The number of piperazine rings is 1. The number of hydrogen-bond acceptors (Lipinski definition) is 5. The second-order valence-electron chi connectivity index (χ2n) is 6.75. The standard InChI is InChI=1S/C17H23N5O2/c23-14-3-1-2-13(12-14)17(24)21-10-8-20(9-11-21)16-5-4-15-18-6-7-22(15)19-16/h4-7,13-14,23H,1-3,8-12H2/t13-,14+/m1/s1. The molecule has 128 valence electrons. The van der Waals surface area contributed by atoms with Gasteiger partial charge in [0.1, 0.15) is 5.82 Å². The van der Waals surface area contributed by atoms with Crippen LogP contribution >= 0.6 is 0 Å². The van der Waals surface area contributed by atoms with Gasteiger partial charge in [-0.15, -0.1) is 5.10 Å². The topological polar surface area (TPSA) is 74.0 Å². The average Bonchev–Trinajstić information content (AvgIpc) is 3.09. The fourth-order valence-corrected chi connectivity index (χ4v) is 3.78. The molecule has 2 aromatic rings. The Balaban J connectivity index is 1.38. The lowest BCUT2D eigenvalue weighted by Crippen LogP contribution is -2.51. The predicted octanol–water partition coefficient (Wildman–Crippen LogP) is 0.929. The van der Waals surface area contributed by atoms with Gasteiger partial charge in [-0.25, -0.2) is 9.50 Å². The summed E-state index contributed by atoms with van der Waals surface area (Å²) >= 11 is 0. The average molecular weight is 329 g/mol. The molecule has 7 nitrogen and oxygen atoms in total. The van der Waals surface area contributed by atoms with E-state index in [9.17, 15) is 9.90 Å². The van der Waals surface area contributed by atoms with E-state index in [-0.39, 0.29) is 17.9 Å². The number of imidazole rings is 1. The molecule has 3 heterocycles. The zero-order valence-electron chi connectivity index (χ0n) is 13.7. The summed E-state index contributed by atoms with van der Waals surface area (Å²) in [6, 6.07) is 3.95. The number of amides is 1. The maximum atomic E-state index is 12.7. The van der Waals surface area contributed by atoms with Crippen molar-refractivity contribution in [2.75, 3.05) is 31.1 Å². The molecule has 2 aromatic heterocycles. The van der Waals surface area contributed by atoms with Gasteiger partial charge in [0, 0.05) is 44.5 Å². The highest BCUT2D eigenvalue weighted by molar-refractivity contribution is 5.79. The van der Waals surface area contributed by atoms with Crippen molar-refractivity contribution in [3.8, 4) is 0 Å². The van der Waals surface area contributed by atoms with E-state index in [0.29, 0.717) is 6.42 Å². The summed E-state index contributed by atoms with van der Waals surface area (Å²) in [4.78, 5) is 21.0. The maximum Gasteiger partial charge on any atom is 0.225 e. The molecule has 2 fully saturated rings. The lowest BCUT2D eigenvalue weighted by atomic mass is 9.86. The number of aliphatic hydroxyl groups excluding tert-OH is 1. The number of anilines is 1. The number of aliphatic hydroxyl groups is 1. The molecule has 0 spiro atoms. The third-order valence-corrected chi connectivity index (χ3v) is 5.15. The number of hydrogen-bond donors (Lipinski definition) is 1. The van der Waals surface area contributed by atoms with E-state index in [2.05, 4.69) is 15.0 Å². The second kappa shape index (κ2) is 6.39. The van der Waals surface area contributed by atoms with Gasteiger partial charge in [0.05, 0.1) is 6.10 Å². The van der Waals surface area contributed by atoms with Crippen LogP contribution in [-0.2, 0) is 4.79 Å². The first-order chi connectivity index (χ1) is 11.7. The summed E-state index contributed by atoms with van der Waals surface area (Å²) < 4.78 is 1.77. The van der Waals surface area contributed by atoms with Crippen molar-refractivity contribution in [1.29, 1.82) is 0 Å². The van der Waals surface area contributed by atoms with Crippen LogP contribution in [0.1, 0.15) is 25.7 Å². The van der Waals surface area contributed by atoms with Crippen molar-refractivity contribution in [3.05, 3.63) is 24.5 Å². The fourth-order valence-electron chi connectivity index (χ4n) is 3.78. The minimum atomic E-state index is -0.305. The van der Waals surface area contributed by atoms with Crippen LogP contribution in [0.15, 0.2) is 24.5 Å². The molecule has 1 saturated heterocycles.